The van der Waals surface area contributed by atoms with Crippen LogP contribution in [0.2, 0.25) is 0 Å². The summed E-state index contributed by atoms with van der Waals surface area (Å²) >= 11 is 4.77. The van der Waals surface area contributed by atoms with Crippen molar-refractivity contribution in [2.75, 3.05) is 12.9 Å². The van der Waals surface area contributed by atoms with Gasteiger partial charge in [-0.2, -0.15) is 5.10 Å². The Morgan fingerprint density at radius 2 is 1.83 bits per heavy atom. The van der Waals surface area contributed by atoms with Crippen LogP contribution >= 0.6 is 27.7 Å². The van der Waals surface area contributed by atoms with E-state index in [0.717, 1.165) is 32.6 Å². The number of methoxy groups -OCH3 is 1. The molecule has 4 aromatic rings. The first-order valence-corrected chi connectivity index (χ1v) is 14.8. The van der Waals surface area contributed by atoms with Crippen LogP contribution in [0.4, 0.5) is 0 Å². The molecule has 5 rings (SSSR count). The summed E-state index contributed by atoms with van der Waals surface area (Å²) in [4.78, 5) is 26.1. The summed E-state index contributed by atoms with van der Waals surface area (Å²) in [5, 5.41) is 18.3. The van der Waals surface area contributed by atoms with Crippen molar-refractivity contribution >= 4 is 45.2 Å². The first kappa shape index (κ1) is 28.6. The molecule has 0 saturated heterocycles. The van der Waals surface area contributed by atoms with Crippen molar-refractivity contribution in [1.29, 1.82) is 0 Å². The number of thioether (sulfide) groups is 1. The normalized spacial score (nSPS) is 14.6. The monoisotopic (exact) mass is 632 g/mol. The number of rotatable bonds is 9. The van der Waals surface area contributed by atoms with Crippen molar-refractivity contribution in [3.63, 3.8) is 0 Å². The quantitative estimate of drug-likeness (QED) is 0.251. The zero-order chi connectivity index (χ0) is 28.9. The minimum Gasteiger partial charge on any atom is -0.497 e. The molecule has 0 aliphatic carbocycles. The molecule has 0 radical (unpaired) electrons. The summed E-state index contributed by atoms with van der Waals surface area (Å²) in [5.41, 5.74) is 4.40. The molecule has 1 N–H and O–H groups in total. The van der Waals surface area contributed by atoms with Crippen LogP contribution in [0.15, 0.2) is 87.5 Å². The third kappa shape index (κ3) is 6.68. The van der Waals surface area contributed by atoms with Gasteiger partial charge in [-0.15, -0.1) is 10.2 Å². The highest BCUT2D eigenvalue weighted by molar-refractivity contribution is 9.10. The van der Waals surface area contributed by atoms with Gasteiger partial charge in [0.15, 0.2) is 11.0 Å². The number of benzene rings is 3. The van der Waals surface area contributed by atoms with Gasteiger partial charge in [0.1, 0.15) is 5.75 Å². The SMILES string of the molecule is COc1ccc(C2CC(c3ccc(Br)cc3)=NN2C(=O)CSc2nnc(CNC(=O)c3cccc(C)c3)n2C)cc1. The van der Waals surface area contributed by atoms with Crippen molar-refractivity contribution in [3.8, 4) is 5.75 Å². The number of hydrogen-bond acceptors (Lipinski definition) is 7. The summed E-state index contributed by atoms with van der Waals surface area (Å²) in [7, 11) is 3.45. The number of nitrogens with one attached hydrogen (secondary N) is 1. The van der Waals surface area contributed by atoms with E-state index < -0.39 is 0 Å². The molecule has 1 aliphatic heterocycles. The van der Waals surface area contributed by atoms with E-state index in [0.29, 0.717) is 23.0 Å². The zero-order valence-electron chi connectivity index (χ0n) is 22.9. The van der Waals surface area contributed by atoms with Crippen molar-refractivity contribution in [3.05, 3.63) is 105 Å². The molecule has 0 saturated carbocycles. The van der Waals surface area contributed by atoms with E-state index in [4.69, 9.17) is 9.84 Å². The lowest BCUT2D eigenvalue weighted by molar-refractivity contribution is -0.130. The number of carbonyl (C=O) groups excluding carboxylic acids is 2. The topological polar surface area (TPSA) is 102 Å². The molecule has 1 atom stereocenters. The minimum absolute atomic E-state index is 0.130. The van der Waals surface area contributed by atoms with E-state index in [-0.39, 0.29) is 30.2 Å². The van der Waals surface area contributed by atoms with E-state index >= 15 is 0 Å². The number of nitrogens with zero attached hydrogens (tertiary/aromatic N) is 5. The fourth-order valence-electron chi connectivity index (χ4n) is 4.51. The van der Waals surface area contributed by atoms with Crippen LogP contribution in [0.3, 0.4) is 0 Å². The highest BCUT2D eigenvalue weighted by atomic mass is 79.9. The number of aromatic nitrogens is 3. The molecular formula is C30H29BrN6O3S. The van der Waals surface area contributed by atoms with Gasteiger partial charge in [0.2, 0.25) is 0 Å². The number of carbonyl (C=O) groups is 2. The van der Waals surface area contributed by atoms with Crippen molar-refractivity contribution in [2.24, 2.45) is 12.1 Å². The Labute approximate surface area is 251 Å². The second-order valence-corrected chi connectivity index (χ2v) is 11.4. The smallest absolute Gasteiger partial charge is 0.253 e. The Kier molecular flexibility index (Phi) is 8.84. The molecule has 2 amide bonds. The van der Waals surface area contributed by atoms with Crippen LogP contribution in [-0.2, 0) is 18.4 Å². The number of hydrogen-bond donors (Lipinski definition) is 1. The second-order valence-electron chi connectivity index (χ2n) is 9.58. The second kappa shape index (κ2) is 12.7. The van der Waals surface area contributed by atoms with E-state index in [1.54, 1.807) is 22.8 Å². The lowest BCUT2D eigenvalue weighted by Crippen LogP contribution is -2.28. The molecule has 1 aliphatic rings. The van der Waals surface area contributed by atoms with Gasteiger partial charge in [-0.05, 0) is 54.4 Å². The third-order valence-corrected chi connectivity index (χ3v) is 8.31. The fourth-order valence-corrected chi connectivity index (χ4v) is 5.55. The lowest BCUT2D eigenvalue weighted by Gasteiger charge is -2.22. The highest BCUT2D eigenvalue weighted by Gasteiger charge is 2.33. The maximum atomic E-state index is 13.5. The highest BCUT2D eigenvalue weighted by Crippen LogP contribution is 2.34. The summed E-state index contributed by atoms with van der Waals surface area (Å²) in [6, 6.07) is 22.8. The predicted octanol–water partition coefficient (Wildman–Crippen LogP) is 5.29. The average molecular weight is 634 g/mol. The molecule has 0 spiro atoms. The van der Waals surface area contributed by atoms with Crippen LogP contribution in [0.25, 0.3) is 0 Å². The summed E-state index contributed by atoms with van der Waals surface area (Å²) in [6.07, 6.45) is 0.596. The first-order valence-electron chi connectivity index (χ1n) is 13.0. The molecule has 1 aromatic heterocycles. The fraction of sp³-hybridized carbons (Fsp3) is 0.233. The lowest BCUT2D eigenvalue weighted by atomic mass is 9.98. The number of hydrazone groups is 1. The number of ether oxygens (including phenoxy) is 1. The van der Waals surface area contributed by atoms with Crippen LogP contribution in [0, 0.1) is 6.92 Å². The average Bonchev–Trinajstić information content (AvgIpc) is 3.59. The molecule has 1 unspecified atom stereocenters. The van der Waals surface area contributed by atoms with E-state index in [1.807, 2.05) is 80.7 Å². The van der Waals surface area contributed by atoms with Crippen LogP contribution in [0.5, 0.6) is 5.75 Å². The Bertz CT molecular complexity index is 1590. The number of aryl methyl sites for hydroxylation is 1. The van der Waals surface area contributed by atoms with Crippen molar-refractivity contribution in [2.45, 2.75) is 31.1 Å². The maximum Gasteiger partial charge on any atom is 0.253 e. The van der Waals surface area contributed by atoms with Gasteiger partial charge in [0.05, 0.1) is 31.2 Å². The number of halogens is 1. The van der Waals surface area contributed by atoms with Gasteiger partial charge in [-0.25, -0.2) is 5.01 Å². The Morgan fingerprint density at radius 3 is 2.54 bits per heavy atom. The van der Waals surface area contributed by atoms with Crippen molar-refractivity contribution in [1.82, 2.24) is 25.1 Å². The summed E-state index contributed by atoms with van der Waals surface area (Å²) in [5.74, 6) is 1.15. The van der Waals surface area contributed by atoms with Crippen molar-refractivity contribution < 1.29 is 14.3 Å². The largest absolute Gasteiger partial charge is 0.497 e. The molecule has 3 aromatic carbocycles. The van der Waals surface area contributed by atoms with Crippen LogP contribution < -0.4 is 10.1 Å². The molecule has 0 fully saturated rings. The van der Waals surface area contributed by atoms with Crippen LogP contribution in [0.1, 0.15) is 45.3 Å². The molecule has 9 nitrogen and oxygen atoms in total. The summed E-state index contributed by atoms with van der Waals surface area (Å²) < 4.78 is 8.08. The van der Waals surface area contributed by atoms with Gasteiger partial charge >= 0.3 is 0 Å². The minimum atomic E-state index is -0.237. The van der Waals surface area contributed by atoms with Gasteiger partial charge in [0.25, 0.3) is 11.8 Å². The van der Waals surface area contributed by atoms with Gasteiger partial charge < -0.3 is 14.6 Å². The standard InChI is InChI=1S/C30H29BrN6O3S/c1-19-5-4-6-22(15-19)29(39)32-17-27-33-34-30(36(27)2)41-18-28(38)37-26(21-9-13-24(40-3)14-10-21)16-25(35-37)20-7-11-23(31)12-8-20/h4-15,26H,16-18H2,1-3H3,(H,32,39). The Morgan fingerprint density at radius 1 is 1.07 bits per heavy atom. The maximum absolute atomic E-state index is 13.5. The third-order valence-electron chi connectivity index (χ3n) is 6.78. The number of amides is 2. The molecule has 11 heteroatoms. The Balaban J connectivity index is 1.27. The zero-order valence-corrected chi connectivity index (χ0v) is 25.3. The molecule has 2 heterocycles. The molecule has 0 bridgehead atoms. The van der Waals surface area contributed by atoms with Gasteiger partial charge in [-0.3, -0.25) is 9.59 Å². The first-order chi connectivity index (χ1) is 19.8. The molecule has 41 heavy (non-hydrogen) atoms. The molecule has 210 valence electrons. The van der Waals surface area contributed by atoms with Gasteiger partial charge in [-0.1, -0.05) is 69.7 Å². The van der Waals surface area contributed by atoms with Gasteiger partial charge in [0, 0.05) is 23.5 Å². The van der Waals surface area contributed by atoms with E-state index in [2.05, 4.69) is 31.4 Å². The Hall–Kier alpha value is -3.96. The van der Waals surface area contributed by atoms with E-state index in [1.165, 1.54) is 11.8 Å². The van der Waals surface area contributed by atoms with Crippen LogP contribution in [-0.4, -0.2) is 50.2 Å². The molecular weight excluding hydrogens is 604 g/mol. The summed E-state index contributed by atoms with van der Waals surface area (Å²) in [6.45, 7) is 2.16. The van der Waals surface area contributed by atoms with E-state index in [9.17, 15) is 9.59 Å². The predicted molar refractivity (Wildman–Crippen MR) is 162 cm³/mol.